The van der Waals surface area contributed by atoms with Crippen molar-refractivity contribution in [3.63, 3.8) is 0 Å². The van der Waals surface area contributed by atoms with Crippen LogP contribution in [-0.4, -0.2) is 37.6 Å². The molecule has 0 atom stereocenters. The Kier molecular flexibility index (Phi) is 5.89. The van der Waals surface area contributed by atoms with Crippen LogP contribution in [0.4, 0.5) is 10.1 Å². The Balaban J connectivity index is 1.82. The van der Waals surface area contributed by atoms with Crippen molar-refractivity contribution in [3.8, 4) is 11.3 Å². The molecule has 26 heavy (non-hydrogen) atoms. The number of nitrogens with zero attached hydrogens (tertiary/aromatic N) is 3. The Morgan fingerprint density at radius 2 is 2.08 bits per heavy atom. The molecule has 7 heteroatoms. The van der Waals surface area contributed by atoms with Crippen LogP contribution in [-0.2, 0) is 11.5 Å². The standard InChI is InChI=1S/C19H27BrFN3OSi/c1-23(15-6-7-15)18-12-24(13-25-9-10-26(2,3)4)22-19(18)16-11-14(21)5-8-17(16)20/h5,8,11-12,15H,6-7,9-10,13H2,1-4H3. The van der Waals surface area contributed by atoms with Gasteiger partial charge in [-0.2, -0.15) is 5.10 Å². The molecule has 0 aliphatic heterocycles. The molecule has 142 valence electrons. The van der Waals surface area contributed by atoms with Crippen LogP contribution in [0.15, 0.2) is 28.9 Å². The third-order valence-corrected chi connectivity index (χ3v) is 7.02. The highest BCUT2D eigenvalue weighted by molar-refractivity contribution is 9.10. The highest BCUT2D eigenvalue weighted by Crippen LogP contribution is 2.38. The first kappa shape index (κ1) is 19.6. The number of aromatic nitrogens is 2. The number of rotatable bonds is 8. The predicted molar refractivity (Wildman–Crippen MR) is 111 cm³/mol. The molecule has 1 aromatic carbocycles. The number of halogens is 2. The molecule has 1 aliphatic rings. The largest absolute Gasteiger partial charge is 0.369 e. The van der Waals surface area contributed by atoms with E-state index in [0.29, 0.717) is 12.8 Å². The molecule has 0 spiro atoms. The summed E-state index contributed by atoms with van der Waals surface area (Å²) in [6.07, 6.45) is 4.40. The number of ether oxygens (including phenoxy) is 1. The van der Waals surface area contributed by atoms with E-state index in [4.69, 9.17) is 9.84 Å². The molecule has 3 rings (SSSR count). The van der Waals surface area contributed by atoms with Crippen LogP contribution < -0.4 is 4.90 Å². The van der Waals surface area contributed by atoms with Crippen LogP contribution in [0.5, 0.6) is 0 Å². The molecule has 1 fully saturated rings. The fraction of sp³-hybridized carbons (Fsp3) is 0.526. The van der Waals surface area contributed by atoms with E-state index < -0.39 is 8.07 Å². The number of hydrogen-bond donors (Lipinski definition) is 0. The molecule has 0 unspecified atom stereocenters. The average molecular weight is 440 g/mol. The summed E-state index contributed by atoms with van der Waals surface area (Å²) in [6, 6.07) is 6.40. The van der Waals surface area contributed by atoms with Crippen molar-refractivity contribution < 1.29 is 9.13 Å². The highest BCUT2D eigenvalue weighted by atomic mass is 79.9. The van der Waals surface area contributed by atoms with Gasteiger partial charge >= 0.3 is 0 Å². The van der Waals surface area contributed by atoms with E-state index in [9.17, 15) is 4.39 Å². The molecule has 1 aromatic heterocycles. The van der Waals surface area contributed by atoms with Gasteiger partial charge in [0.1, 0.15) is 18.2 Å². The Labute approximate surface area is 164 Å². The molecule has 0 saturated heterocycles. The van der Waals surface area contributed by atoms with Gasteiger partial charge in [-0.3, -0.25) is 0 Å². The molecule has 1 heterocycles. The second-order valence-electron chi connectivity index (χ2n) is 8.22. The lowest BCUT2D eigenvalue weighted by Gasteiger charge is -2.18. The van der Waals surface area contributed by atoms with E-state index in [1.165, 1.54) is 25.0 Å². The quantitative estimate of drug-likeness (QED) is 0.409. The Hall–Kier alpha value is -1.18. The van der Waals surface area contributed by atoms with Gasteiger partial charge in [-0.15, -0.1) is 0 Å². The summed E-state index contributed by atoms with van der Waals surface area (Å²) in [4.78, 5) is 2.25. The Morgan fingerprint density at radius 3 is 2.73 bits per heavy atom. The zero-order chi connectivity index (χ0) is 18.9. The lowest BCUT2D eigenvalue weighted by Crippen LogP contribution is -2.22. The second kappa shape index (κ2) is 7.82. The van der Waals surface area contributed by atoms with Crippen molar-refractivity contribution in [2.75, 3.05) is 18.6 Å². The normalized spacial score (nSPS) is 14.7. The third kappa shape index (κ3) is 4.95. The summed E-state index contributed by atoms with van der Waals surface area (Å²) < 4.78 is 22.3. The Morgan fingerprint density at radius 1 is 1.35 bits per heavy atom. The van der Waals surface area contributed by atoms with Gasteiger partial charge in [-0.1, -0.05) is 35.6 Å². The van der Waals surface area contributed by atoms with Gasteiger partial charge in [0.2, 0.25) is 0 Å². The predicted octanol–water partition coefficient (Wildman–Crippen LogP) is 5.36. The van der Waals surface area contributed by atoms with Crippen molar-refractivity contribution >= 4 is 29.7 Å². The highest BCUT2D eigenvalue weighted by Gasteiger charge is 2.30. The van der Waals surface area contributed by atoms with Crippen LogP contribution in [0.2, 0.25) is 25.7 Å². The molecule has 4 nitrogen and oxygen atoms in total. The van der Waals surface area contributed by atoms with Gasteiger partial charge in [0.05, 0.1) is 11.9 Å². The van der Waals surface area contributed by atoms with E-state index in [0.717, 1.165) is 34.1 Å². The van der Waals surface area contributed by atoms with E-state index >= 15 is 0 Å². The van der Waals surface area contributed by atoms with E-state index in [2.05, 4.69) is 47.5 Å². The summed E-state index contributed by atoms with van der Waals surface area (Å²) in [5, 5.41) is 4.71. The minimum atomic E-state index is -1.10. The SMILES string of the molecule is CN(c1cn(COCC[Si](C)(C)C)nc1-c1cc(F)ccc1Br)C1CC1. The van der Waals surface area contributed by atoms with Gasteiger partial charge in [0.15, 0.2) is 0 Å². The maximum Gasteiger partial charge on any atom is 0.139 e. The van der Waals surface area contributed by atoms with Crippen molar-refractivity contribution in [2.24, 2.45) is 0 Å². The van der Waals surface area contributed by atoms with Crippen LogP contribution in [0.3, 0.4) is 0 Å². The Bertz CT molecular complexity index is 771. The third-order valence-electron chi connectivity index (χ3n) is 4.62. The fourth-order valence-electron chi connectivity index (χ4n) is 2.80. The smallest absolute Gasteiger partial charge is 0.139 e. The van der Waals surface area contributed by atoms with Crippen molar-refractivity contribution in [1.29, 1.82) is 0 Å². The minimum Gasteiger partial charge on any atom is -0.369 e. The first-order chi connectivity index (χ1) is 12.2. The van der Waals surface area contributed by atoms with Crippen LogP contribution >= 0.6 is 15.9 Å². The van der Waals surface area contributed by atoms with E-state index in [1.807, 2.05) is 10.9 Å². The van der Waals surface area contributed by atoms with E-state index in [-0.39, 0.29) is 5.82 Å². The zero-order valence-electron chi connectivity index (χ0n) is 15.9. The second-order valence-corrected chi connectivity index (χ2v) is 14.7. The van der Waals surface area contributed by atoms with Crippen LogP contribution in [0.25, 0.3) is 11.3 Å². The summed E-state index contributed by atoms with van der Waals surface area (Å²) in [5.41, 5.74) is 2.58. The van der Waals surface area contributed by atoms with Gasteiger partial charge in [0, 0.05) is 37.8 Å². The lowest BCUT2D eigenvalue weighted by molar-refractivity contribution is 0.0787. The molecule has 1 saturated carbocycles. The molecule has 0 N–H and O–H groups in total. The number of hydrogen-bond acceptors (Lipinski definition) is 3. The minimum absolute atomic E-state index is 0.260. The molecule has 0 bridgehead atoms. The fourth-order valence-corrected chi connectivity index (χ4v) is 3.99. The van der Waals surface area contributed by atoms with Gasteiger partial charge < -0.3 is 9.64 Å². The summed E-state index contributed by atoms with van der Waals surface area (Å²) in [6.45, 7) is 8.19. The van der Waals surface area contributed by atoms with Gasteiger partial charge in [0.25, 0.3) is 0 Å². The number of anilines is 1. The molecular formula is C19H27BrFN3OSi. The monoisotopic (exact) mass is 439 g/mol. The molecule has 1 aliphatic carbocycles. The molecule has 0 radical (unpaired) electrons. The molecule has 2 aromatic rings. The van der Waals surface area contributed by atoms with Crippen molar-refractivity contribution in [1.82, 2.24) is 9.78 Å². The summed E-state index contributed by atoms with van der Waals surface area (Å²) in [5.74, 6) is -0.260. The molecular weight excluding hydrogens is 413 g/mol. The zero-order valence-corrected chi connectivity index (χ0v) is 18.5. The summed E-state index contributed by atoms with van der Waals surface area (Å²) >= 11 is 3.54. The lowest BCUT2D eigenvalue weighted by atomic mass is 10.1. The molecule has 0 amide bonds. The van der Waals surface area contributed by atoms with Crippen molar-refractivity contribution in [2.45, 2.75) is 51.3 Å². The maximum atomic E-state index is 13.8. The first-order valence-electron chi connectivity index (χ1n) is 9.08. The number of benzene rings is 1. The van der Waals surface area contributed by atoms with E-state index in [1.54, 1.807) is 6.07 Å². The first-order valence-corrected chi connectivity index (χ1v) is 13.6. The topological polar surface area (TPSA) is 30.3 Å². The maximum absolute atomic E-state index is 13.8. The van der Waals surface area contributed by atoms with Crippen LogP contribution in [0.1, 0.15) is 12.8 Å². The van der Waals surface area contributed by atoms with Gasteiger partial charge in [-0.25, -0.2) is 9.07 Å². The average Bonchev–Trinajstić information content (AvgIpc) is 3.32. The van der Waals surface area contributed by atoms with Crippen molar-refractivity contribution in [3.05, 3.63) is 34.7 Å². The van der Waals surface area contributed by atoms with Crippen LogP contribution in [0, 0.1) is 5.82 Å². The summed E-state index contributed by atoms with van der Waals surface area (Å²) in [7, 11) is 0.982. The van der Waals surface area contributed by atoms with Gasteiger partial charge in [-0.05, 0) is 37.1 Å².